The lowest BCUT2D eigenvalue weighted by Gasteiger charge is -2.12. The van der Waals surface area contributed by atoms with Crippen LogP contribution in [0.3, 0.4) is 0 Å². The van der Waals surface area contributed by atoms with E-state index < -0.39 is 0 Å². The molecule has 6 nitrogen and oxygen atoms in total. The van der Waals surface area contributed by atoms with Gasteiger partial charge >= 0.3 is 0 Å². The molecule has 0 aliphatic rings. The van der Waals surface area contributed by atoms with E-state index in [-0.39, 0.29) is 11.9 Å². The van der Waals surface area contributed by atoms with Gasteiger partial charge in [0, 0.05) is 11.7 Å². The van der Waals surface area contributed by atoms with Crippen molar-refractivity contribution in [3.8, 4) is 17.1 Å². The quantitative estimate of drug-likeness (QED) is 0.620. The average molecular weight is 385 g/mol. The van der Waals surface area contributed by atoms with E-state index in [1.165, 1.54) is 11.8 Å². The maximum Gasteiger partial charge on any atom is 0.230 e. The smallest absolute Gasteiger partial charge is 0.230 e. The van der Waals surface area contributed by atoms with E-state index in [1.807, 2.05) is 56.5 Å². The molecule has 0 saturated carbocycles. The summed E-state index contributed by atoms with van der Waals surface area (Å²) in [6, 6.07) is 10.2. The summed E-state index contributed by atoms with van der Waals surface area (Å²) >= 11 is 1.38. The Morgan fingerprint density at radius 2 is 2.11 bits per heavy atom. The average Bonchev–Trinajstić information content (AvgIpc) is 3.25. The molecule has 1 atom stereocenters. The van der Waals surface area contributed by atoms with Crippen LogP contribution in [0.1, 0.15) is 31.6 Å². The van der Waals surface area contributed by atoms with Crippen molar-refractivity contribution in [2.24, 2.45) is 0 Å². The summed E-state index contributed by atoms with van der Waals surface area (Å²) in [5.41, 5.74) is 2.99. The van der Waals surface area contributed by atoms with Crippen molar-refractivity contribution in [2.75, 3.05) is 5.75 Å². The van der Waals surface area contributed by atoms with E-state index in [0.717, 1.165) is 29.0 Å². The SMILES string of the molecule is CC[C@H](C)NC(=O)CSc1nnc(-c2ccoc2C)n1-c1cccc(C)c1. The number of carbonyl (C=O) groups is 1. The van der Waals surface area contributed by atoms with Gasteiger partial charge < -0.3 is 9.73 Å². The third kappa shape index (κ3) is 4.42. The van der Waals surface area contributed by atoms with Gasteiger partial charge in [0.05, 0.1) is 17.6 Å². The van der Waals surface area contributed by atoms with Gasteiger partial charge in [-0.25, -0.2) is 0 Å². The summed E-state index contributed by atoms with van der Waals surface area (Å²) in [4.78, 5) is 12.2. The number of rotatable bonds is 7. The number of carbonyl (C=O) groups excluding carboxylic acids is 1. The highest BCUT2D eigenvalue weighted by molar-refractivity contribution is 7.99. The van der Waals surface area contributed by atoms with Gasteiger partial charge in [0.1, 0.15) is 5.76 Å². The van der Waals surface area contributed by atoms with Crippen molar-refractivity contribution in [1.82, 2.24) is 20.1 Å². The normalized spacial score (nSPS) is 12.1. The van der Waals surface area contributed by atoms with E-state index in [4.69, 9.17) is 4.42 Å². The Labute approximate surface area is 163 Å². The predicted molar refractivity (Wildman–Crippen MR) is 107 cm³/mol. The Hall–Kier alpha value is -2.54. The molecule has 0 spiro atoms. The lowest BCUT2D eigenvalue weighted by atomic mass is 10.2. The van der Waals surface area contributed by atoms with Crippen LogP contribution in [0.15, 0.2) is 46.2 Å². The lowest BCUT2D eigenvalue weighted by molar-refractivity contribution is -0.119. The number of thioether (sulfide) groups is 1. The molecule has 142 valence electrons. The molecule has 3 aromatic rings. The van der Waals surface area contributed by atoms with Gasteiger partial charge in [-0.3, -0.25) is 9.36 Å². The number of nitrogens with zero attached hydrogens (tertiary/aromatic N) is 3. The number of hydrogen-bond donors (Lipinski definition) is 1. The van der Waals surface area contributed by atoms with Crippen LogP contribution in [0.4, 0.5) is 0 Å². The molecule has 0 saturated heterocycles. The minimum atomic E-state index is -0.00539. The van der Waals surface area contributed by atoms with Crippen LogP contribution in [0.5, 0.6) is 0 Å². The van der Waals surface area contributed by atoms with E-state index in [1.54, 1.807) is 6.26 Å². The zero-order chi connectivity index (χ0) is 19.4. The highest BCUT2D eigenvalue weighted by atomic mass is 32.2. The molecular weight excluding hydrogens is 360 g/mol. The van der Waals surface area contributed by atoms with Crippen molar-refractivity contribution in [2.45, 2.75) is 45.3 Å². The zero-order valence-corrected chi connectivity index (χ0v) is 16.8. The molecule has 0 bridgehead atoms. The van der Waals surface area contributed by atoms with Crippen LogP contribution in [-0.4, -0.2) is 32.5 Å². The van der Waals surface area contributed by atoms with Crippen molar-refractivity contribution in [3.05, 3.63) is 47.9 Å². The number of aryl methyl sites for hydroxylation is 2. The topological polar surface area (TPSA) is 73.0 Å². The largest absolute Gasteiger partial charge is 0.469 e. The summed E-state index contributed by atoms with van der Waals surface area (Å²) in [5, 5.41) is 12.4. The van der Waals surface area contributed by atoms with Crippen molar-refractivity contribution < 1.29 is 9.21 Å². The van der Waals surface area contributed by atoms with Crippen LogP contribution < -0.4 is 5.32 Å². The molecular formula is C20H24N4O2S. The first kappa shape index (κ1) is 19.2. The van der Waals surface area contributed by atoms with Gasteiger partial charge in [-0.05, 0) is 51.0 Å². The van der Waals surface area contributed by atoms with Crippen molar-refractivity contribution >= 4 is 17.7 Å². The van der Waals surface area contributed by atoms with E-state index in [9.17, 15) is 4.79 Å². The highest BCUT2D eigenvalue weighted by Gasteiger charge is 2.20. The minimum absolute atomic E-state index is 0.00539. The number of aromatic nitrogens is 3. The molecule has 0 unspecified atom stereocenters. The fourth-order valence-electron chi connectivity index (χ4n) is 2.70. The first-order valence-electron chi connectivity index (χ1n) is 8.98. The Balaban J connectivity index is 1.94. The standard InChI is InChI=1S/C20H24N4O2S/c1-5-14(3)21-18(25)12-27-20-23-22-19(17-9-10-26-15(17)4)24(20)16-8-6-7-13(2)11-16/h6-11,14H,5,12H2,1-4H3,(H,21,25)/t14-/m0/s1. The highest BCUT2D eigenvalue weighted by Crippen LogP contribution is 2.30. The summed E-state index contributed by atoms with van der Waals surface area (Å²) in [5.74, 6) is 1.77. The molecule has 1 N–H and O–H groups in total. The van der Waals surface area contributed by atoms with Gasteiger partial charge in [-0.2, -0.15) is 0 Å². The van der Waals surface area contributed by atoms with Crippen LogP contribution in [0, 0.1) is 13.8 Å². The molecule has 7 heteroatoms. The van der Waals surface area contributed by atoms with Gasteiger partial charge in [-0.1, -0.05) is 30.8 Å². The van der Waals surface area contributed by atoms with Crippen LogP contribution in [-0.2, 0) is 4.79 Å². The lowest BCUT2D eigenvalue weighted by Crippen LogP contribution is -2.33. The number of benzene rings is 1. The molecule has 0 radical (unpaired) electrons. The summed E-state index contributed by atoms with van der Waals surface area (Å²) < 4.78 is 7.42. The number of nitrogens with one attached hydrogen (secondary N) is 1. The first-order chi connectivity index (χ1) is 13.0. The first-order valence-corrected chi connectivity index (χ1v) is 9.97. The molecule has 3 rings (SSSR count). The maximum atomic E-state index is 12.2. The third-order valence-electron chi connectivity index (χ3n) is 4.35. The molecule has 27 heavy (non-hydrogen) atoms. The van der Waals surface area contributed by atoms with Gasteiger partial charge in [0.2, 0.25) is 5.91 Å². The summed E-state index contributed by atoms with van der Waals surface area (Å²) in [6.07, 6.45) is 2.55. The van der Waals surface area contributed by atoms with Crippen LogP contribution in [0.2, 0.25) is 0 Å². The molecule has 2 heterocycles. The Bertz CT molecular complexity index is 932. The number of furan rings is 1. The van der Waals surface area contributed by atoms with Crippen LogP contribution >= 0.6 is 11.8 Å². The van der Waals surface area contributed by atoms with E-state index in [0.29, 0.717) is 16.7 Å². The zero-order valence-electron chi connectivity index (χ0n) is 16.0. The molecule has 1 aromatic carbocycles. The summed E-state index contributed by atoms with van der Waals surface area (Å²) in [6.45, 7) is 7.99. The van der Waals surface area contributed by atoms with Gasteiger partial charge in [0.25, 0.3) is 0 Å². The fraction of sp³-hybridized carbons (Fsp3) is 0.350. The molecule has 2 aromatic heterocycles. The Morgan fingerprint density at radius 1 is 1.30 bits per heavy atom. The molecule has 0 aliphatic carbocycles. The fourth-order valence-corrected chi connectivity index (χ4v) is 3.47. The molecule has 0 aliphatic heterocycles. The second-order valence-electron chi connectivity index (χ2n) is 6.54. The monoisotopic (exact) mass is 384 g/mol. The maximum absolute atomic E-state index is 12.2. The van der Waals surface area contributed by atoms with Crippen LogP contribution in [0.25, 0.3) is 17.1 Å². The van der Waals surface area contributed by atoms with E-state index >= 15 is 0 Å². The second kappa shape index (κ2) is 8.43. The summed E-state index contributed by atoms with van der Waals surface area (Å²) in [7, 11) is 0. The van der Waals surface area contributed by atoms with Gasteiger partial charge in [-0.15, -0.1) is 10.2 Å². The second-order valence-corrected chi connectivity index (χ2v) is 7.48. The Morgan fingerprint density at radius 3 is 2.78 bits per heavy atom. The Kier molecular flexibility index (Phi) is 6.01. The minimum Gasteiger partial charge on any atom is -0.469 e. The van der Waals surface area contributed by atoms with Gasteiger partial charge in [0.15, 0.2) is 11.0 Å². The predicted octanol–water partition coefficient (Wildman–Crippen LogP) is 4.15. The third-order valence-corrected chi connectivity index (χ3v) is 5.27. The number of hydrogen-bond acceptors (Lipinski definition) is 5. The number of amides is 1. The van der Waals surface area contributed by atoms with Crippen molar-refractivity contribution in [3.63, 3.8) is 0 Å². The molecule has 1 amide bonds. The van der Waals surface area contributed by atoms with Crippen molar-refractivity contribution in [1.29, 1.82) is 0 Å². The molecule has 0 fully saturated rings. The van der Waals surface area contributed by atoms with E-state index in [2.05, 4.69) is 21.6 Å².